The van der Waals surface area contributed by atoms with Crippen LogP contribution in [0.1, 0.15) is 13.3 Å². The third-order valence-electron chi connectivity index (χ3n) is 1.60. The molecule has 0 aromatic carbocycles. The number of amidine groups is 1. The zero-order valence-electron chi connectivity index (χ0n) is 8.31. The summed E-state index contributed by atoms with van der Waals surface area (Å²) in [5.74, 6) is 0.705. The number of hydrogen-bond acceptors (Lipinski definition) is 4. The van der Waals surface area contributed by atoms with Gasteiger partial charge in [-0.3, -0.25) is 0 Å². The minimum absolute atomic E-state index is 0.136. The Balaban J connectivity index is 2.88. The third-order valence-corrected chi connectivity index (χ3v) is 1.78. The first kappa shape index (κ1) is 11.5. The standard InChI is InChI=1S/C9H12ClN5/c1-2-6(11)5-7(12)14-8-3-4-13-9(10)15-8/h3-5H,2,11H2,1H3,(H2,12,13,14,15)/b6-5-. The summed E-state index contributed by atoms with van der Waals surface area (Å²) in [4.78, 5) is 11.6. The number of halogens is 1. The maximum atomic E-state index is 5.62. The summed E-state index contributed by atoms with van der Waals surface area (Å²) in [5.41, 5.74) is 11.9. The number of allylic oxidation sites excluding steroid dienone is 1. The molecule has 6 heteroatoms. The molecular formula is C9H12ClN5. The minimum atomic E-state index is 0.136. The predicted molar refractivity (Wildman–Crippen MR) is 60.9 cm³/mol. The summed E-state index contributed by atoms with van der Waals surface area (Å²) in [5, 5.41) is 0.136. The van der Waals surface area contributed by atoms with Crippen molar-refractivity contribution >= 4 is 23.3 Å². The lowest BCUT2D eigenvalue weighted by molar-refractivity contribution is 1.07. The van der Waals surface area contributed by atoms with Gasteiger partial charge < -0.3 is 11.5 Å². The molecule has 0 spiro atoms. The fourth-order valence-electron chi connectivity index (χ4n) is 0.845. The highest BCUT2D eigenvalue weighted by Crippen LogP contribution is 2.09. The molecule has 1 rings (SSSR count). The number of aliphatic imine (C=N–C) groups is 1. The lowest BCUT2D eigenvalue weighted by atomic mass is 10.3. The average molecular weight is 226 g/mol. The molecule has 0 unspecified atom stereocenters. The quantitative estimate of drug-likeness (QED) is 0.462. The number of hydrogen-bond donors (Lipinski definition) is 2. The van der Waals surface area contributed by atoms with Crippen LogP contribution in [0.3, 0.4) is 0 Å². The highest BCUT2D eigenvalue weighted by molar-refractivity contribution is 6.28. The Kier molecular flexibility index (Phi) is 4.05. The van der Waals surface area contributed by atoms with Crippen molar-refractivity contribution in [2.45, 2.75) is 13.3 Å². The normalized spacial score (nSPS) is 12.9. The van der Waals surface area contributed by atoms with Gasteiger partial charge in [-0.1, -0.05) is 6.92 Å². The molecule has 0 atom stereocenters. The van der Waals surface area contributed by atoms with Gasteiger partial charge in [0, 0.05) is 18.0 Å². The van der Waals surface area contributed by atoms with Crippen molar-refractivity contribution < 1.29 is 0 Å². The fourth-order valence-corrected chi connectivity index (χ4v) is 0.988. The molecule has 5 nitrogen and oxygen atoms in total. The van der Waals surface area contributed by atoms with E-state index in [-0.39, 0.29) is 5.28 Å². The van der Waals surface area contributed by atoms with E-state index >= 15 is 0 Å². The summed E-state index contributed by atoms with van der Waals surface area (Å²) in [6.07, 6.45) is 3.82. The monoisotopic (exact) mass is 225 g/mol. The second-order valence-corrected chi connectivity index (χ2v) is 3.13. The van der Waals surface area contributed by atoms with Crippen LogP contribution in [0.5, 0.6) is 0 Å². The zero-order chi connectivity index (χ0) is 11.3. The van der Waals surface area contributed by atoms with Crippen LogP contribution in [0.4, 0.5) is 5.82 Å². The van der Waals surface area contributed by atoms with Crippen LogP contribution in [-0.4, -0.2) is 15.8 Å². The molecule has 4 N–H and O–H groups in total. The summed E-state index contributed by atoms with van der Waals surface area (Å²) < 4.78 is 0. The lowest BCUT2D eigenvalue weighted by Gasteiger charge is -1.97. The molecule has 0 aliphatic carbocycles. The van der Waals surface area contributed by atoms with Gasteiger partial charge in [-0.05, 0) is 24.1 Å². The maximum absolute atomic E-state index is 5.62. The molecule has 80 valence electrons. The SMILES string of the molecule is CC/C(N)=C/C(N)=Nc1ccnc(Cl)n1. The maximum Gasteiger partial charge on any atom is 0.224 e. The molecule has 1 aromatic rings. The Morgan fingerprint density at radius 3 is 2.93 bits per heavy atom. The molecule has 0 saturated carbocycles. The van der Waals surface area contributed by atoms with Crippen LogP contribution >= 0.6 is 11.6 Å². The summed E-state index contributed by atoms with van der Waals surface area (Å²) >= 11 is 5.59. The van der Waals surface area contributed by atoms with E-state index in [9.17, 15) is 0 Å². The van der Waals surface area contributed by atoms with E-state index in [2.05, 4.69) is 15.0 Å². The average Bonchev–Trinajstić information content (AvgIpc) is 2.17. The Morgan fingerprint density at radius 1 is 1.60 bits per heavy atom. The molecular weight excluding hydrogens is 214 g/mol. The molecule has 0 radical (unpaired) electrons. The van der Waals surface area contributed by atoms with E-state index < -0.39 is 0 Å². The van der Waals surface area contributed by atoms with Crippen molar-refractivity contribution in [1.29, 1.82) is 0 Å². The van der Waals surface area contributed by atoms with Crippen molar-refractivity contribution in [2.75, 3.05) is 0 Å². The first-order valence-electron chi connectivity index (χ1n) is 4.40. The van der Waals surface area contributed by atoms with Crippen LogP contribution in [0.15, 0.2) is 29.0 Å². The van der Waals surface area contributed by atoms with Crippen molar-refractivity contribution in [3.8, 4) is 0 Å². The smallest absolute Gasteiger partial charge is 0.224 e. The number of rotatable bonds is 3. The van der Waals surface area contributed by atoms with Gasteiger partial charge in [-0.15, -0.1) is 0 Å². The molecule has 0 saturated heterocycles. The Morgan fingerprint density at radius 2 is 2.33 bits per heavy atom. The third kappa shape index (κ3) is 3.95. The second kappa shape index (κ2) is 5.31. The molecule has 0 amide bonds. The highest BCUT2D eigenvalue weighted by Gasteiger charge is 1.95. The first-order chi connectivity index (χ1) is 7.11. The van der Waals surface area contributed by atoms with Gasteiger partial charge in [-0.2, -0.15) is 4.98 Å². The fraction of sp³-hybridized carbons (Fsp3) is 0.222. The molecule has 1 aromatic heterocycles. The molecule has 0 aliphatic heterocycles. The van der Waals surface area contributed by atoms with Crippen LogP contribution in [0.25, 0.3) is 0 Å². The van der Waals surface area contributed by atoms with Crippen LogP contribution < -0.4 is 11.5 Å². The topological polar surface area (TPSA) is 90.2 Å². The van der Waals surface area contributed by atoms with Gasteiger partial charge in [0.1, 0.15) is 5.84 Å². The largest absolute Gasteiger partial charge is 0.402 e. The van der Waals surface area contributed by atoms with E-state index in [1.807, 2.05) is 6.92 Å². The van der Waals surface area contributed by atoms with E-state index in [0.717, 1.165) is 6.42 Å². The molecule has 0 fully saturated rings. The van der Waals surface area contributed by atoms with Gasteiger partial charge in [0.2, 0.25) is 5.28 Å². The van der Waals surface area contributed by atoms with Crippen LogP contribution in [0.2, 0.25) is 5.28 Å². The van der Waals surface area contributed by atoms with E-state index in [1.165, 1.54) is 6.20 Å². The number of nitrogens with two attached hydrogens (primary N) is 2. The molecule has 15 heavy (non-hydrogen) atoms. The molecule has 1 heterocycles. The van der Waals surface area contributed by atoms with Crippen molar-refractivity contribution in [1.82, 2.24) is 9.97 Å². The van der Waals surface area contributed by atoms with Crippen LogP contribution in [0, 0.1) is 0 Å². The first-order valence-corrected chi connectivity index (χ1v) is 4.78. The van der Waals surface area contributed by atoms with E-state index in [1.54, 1.807) is 12.1 Å². The Hall–Kier alpha value is -1.62. The lowest BCUT2D eigenvalue weighted by Crippen LogP contribution is -2.11. The minimum Gasteiger partial charge on any atom is -0.402 e. The summed E-state index contributed by atoms with van der Waals surface area (Å²) in [6.45, 7) is 1.93. The van der Waals surface area contributed by atoms with Crippen LogP contribution in [-0.2, 0) is 0 Å². The summed E-state index contributed by atoms with van der Waals surface area (Å²) in [6, 6.07) is 1.61. The molecule has 0 aliphatic rings. The number of aromatic nitrogens is 2. The predicted octanol–water partition coefficient (Wildman–Crippen LogP) is 1.37. The molecule has 0 bridgehead atoms. The van der Waals surface area contributed by atoms with Gasteiger partial charge in [-0.25, -0.2) is 9.98 Å². The van der Waals surface area contributed by atoms with Crippen molar-refractivity contribution in [2.24, 2.45) is 16.5 Å². The number of nitrogens with zero attached hydrogens (tertiary/aromatic N) is 3. The van der Waals surface area contributed by atoms with E-state index in [4.69, 9.17) is 23.1 Å². The van der Waals surface area contributed by atoms with Gasteiger partial charge in [0.15, 0.2) is 5.82 Å². The zero-order valence-corrected chi connectivity index (χ0v) is 9.07. The van der Waals surface area contributed by atoms with Gasteiger partial charge >= 0.3 is 0 Å². The van der Waals surface area contributed by atoms with E-state index in [0.29, 0.717) is 17.4 Å². The summed E-state index contributed by atoms with van der Waals surface area (Å²) in [7, 11) is 0. The second-order valence-electron chi connectivity index (χ2n) is 2.79. The highest BCUT2D eigenvalue weighted by atomic mass is 35.5. The Bertz CT molecular complexity index is 399. The van der Waals surface area contributed by atoms with Gasteiger partial charge in [0.05, 0.1) is 0 Å². The van der Waals surface area contributed by atoms with Gasteiger partial charge in [0.25, 0.3) is 0 Å². The van der Waals surface area contributed by atoms with Crippen molar-refractivity contribution in [3.63, 3.8) is 0 Å². The Labute approximate surface area is 92.9 Å². The van der Waals surface area contributed by atoms with Crippen molar-refractivity contribution in [3.05, 3.63) is 29.3 Å².